The molecule has 0 fully saturated rings. The van der Waals surface area contributed by atoms with Crippen molar-refractivity contribution in [3.63, 3.8) is 0 Å². The highest BCUT2D eigenvalue weighted by Gasteiger charge is 2.42. The Labute approximate surface area is 150 Å². The smallest absolute Gasteiger partial charge is 0.291 e. The van der Waals surface area contributed by atoms with E-state index in [4.69, 9.17) is 0 Å². The fourth-order valence-electron chi connectivity index (χ4n) is 2.63. The Morgan fingerprint density at radius 1 is 0.720 bits per heavy atom. The Balaban J connectivity index is 3.37. The summed E-state index contributed by atoms with van der Waals surface area (Å²) < 4.78 is 36.1. The first-order valence-corrected chi connectivity index (χ1v) is 9.69. The summed E-state index contributed by atoms with van der Waals surface area (Å²) in [6.45, 7) is 2.22. The van der Waals surface area contributed by atoms with Gasteiger partial charge in [-0.25, -0.2) is 0 Å². The zero-order chi connectivity index (χ0) is 19.0. The fourth-order valence-corrected chi connectivity index (χ4v) is 2.63. The molecule has 0 atom stereocenters. The van der Waals surface area contributed by atoms with E-state index < -0.39 is 17.7 Å². The number of hydrogen-bond donors (Lipinski definition) is 0. The van der Waals surface area contributed by atoms with Gasteiger partial charge in [-0.1, -0.05) is 70.4 Å². The van der Waals surface area contributed by atoms with Crippen molar-refractivity contribution >= 4 is 11.6 Å². The zero-order valence-electron chi connectivity index (χ0n) is 15.5. The van der Waals surface area contributed by atoms with Crippen LogP contribution in [0.2, 0.25) is 0 Å². The van der Waals surface area contributed by atoms with Gasteiger partial charge in [-0.15, -0.1) is 0 Å². The van der Waals surface area contributed by atoms with Crippen molar-refractivity contribution in [1.82, 2.24) is 0 Å². The van der Waals surface area contributed by atoms with Crippen LogP contribution in [0.25, 0.3) is 0 Å². The van der Waals surface area contributed by atoms with Crippen molar-refractivity contribution in [3.8, 4) is 0 Å². The Morgan fingerprint density at radius 3 is 1.64 bits per heavy atom. The maximum atomic E-state index is 12.0. The molecule has 0 aromatic rings. The predicted molar refractivity (Wildman–Crippen MR) is 95.5 cm³/mol. The van der Waals surface area contributed by atoms with Gasteiger partial charge in [0.05, 0.1) is 0 Å². The van der Waals surface area contributed by atoms with Crippen molar-refractivity contribution in [3.05, 3.63) is 12.2 Å². The minimum absolute atomic E-state index is 0.295. The quantitative estimate of drug-likeness (QED) is 0.173. The summed E-state index contributed by atoms with van der Waals surface area (Å²) in [7, 11) is 0. The second-order valence-corrected chi connectivity index (χ2v) is 6.58. The lowest BCUT2D eigenvalue weighted by atomic mass is 10.1. The van der Waals surface area contributed by atoms with Crippen LogP contribution in [0.5, 0.6) is 0 Å². The maximum Gasteiger partial charge on any atom is 0.458 e. The summed E-state index contributed by atoms with van der Waals surface area (Å²) in [6.07, 6.45) is 13.1. The molecule has 0 N–H and O–H groups in total. The average molecular weight is 362 g/mol. The summed E-state index contributed by atoms with van der Waals surface area (Å²) in [5.74, 6) is -3.53. The van der Waals surface area contributed by atoms with E-state index in [1.54, 1.807) is 0 Å². The third-order valence-corrected chi connectivity index (χ3v) is 4.18. The monoisotopic (exact) mass is 362 g/mol. The lowest BCUT2D eigenvalue weighted by molar-refractivity contribution is -0.174. The number of halogens is 3. The van der Waals surface area contributed by atoms with Crippen LogP contribution in [0.15, 0.2) is 12.2 Å². The highest BCUT2D eigenvalue weighted by atomic mass is 19.4. The number of ketones is 2. The number of unbranched alkanes of at least 4 members (excludes halogenated alkanes) is 11. The fraction of sp³-hybridized carbons (Fsp3) is 0.800. The van der Waals surface area contributed by atoms with E-state index in [2.05, 4.69) is 19.1 Å². The zero-order valence-corrected chi connectivity index (χ0v) is 15.5. The molecule has 0 aliphatic heterocycles. The van der Waals surface area contributed by atoms with Crippen LogP contribution in [0.3, 0.4) is 0 Å². The third kappa shape index (κ3) is 14.9. The third-order valence-electron chi connectivity index (χ3n) is 4.18. The van der Waals surface area contributed by atoms with Crippen LogP contribution in [0.1, 0.15) is 96.8 Å². The van der Waals surface area contributed by atoms with Crippen molar-refractivity contribution < 1.29 is 22.8 Å². The summed E-state index contributed by atoms with van der Waals surface area (Å²) in [5, 5.41) is 0. The molecule has 0 saturated heterocycles. The number of carbonyl (C=O) groups is 2. The minimum atomic E-state index is -5.03. The van der Waals surface area contributed by atoms with Gasteiger partial charge in [-0.2, -0.15) is 13.2 Å². The van der Waals surface area contributed by atoms with E-state index in [-0.39, 0.29) is 6.42 Å². The van der Waals surface area contributed by atoms with Gasteiger partial charge in [0, 0.05) is 6.42 Å². The number of allylic oxidation sites excluding steroid dienone is 2. The topological polar surface area (TPSA) is 34.1 Å². The lowest BCUT2D eigenvalue weighted by Gasteiger charge is -2.04. The van der Waals surface area contributed by atoms with Gasteiger partial charge >= 0.3 is 12.0 Å². The average Bonchev–Trinajstić information content (AvgIpc) is 2.56. The number of alkyl halides is 3. The highest BCUT2D eigenvalue weighted by Crippen LogP contribution is 2.18. The molecule has 0 rings (SSSR count). The molecule has 0 unspecified atom stereocenters. The van der Waals surface area contributed by atoms with Crippen LogP contribution in [-0.4, -0.2) is 17.7 Å². The Kier molecular flexibility index (Phi) is 14.5. The molecule has 0 radical (unpaired) electrons. The summed E-state index contributed by atoms with van der Waals surface area (Å²) in [4.78, 5) is 21.7. The molecule has 25 heavy (non-hydrogen) atoms. The van der Waals surface area contributed by atoms with Crippen molar-refractivity contribution in [1.29, 1.82) is 0 Å². The van der Waals surface area contributed by atoms with Gasteiger partial charge in [0.15, 0.2) is 0 Å². The molecule has 2 nitrogen and oxygen atoms in total. The van der Waals surface area contributed by atoms with E-state index in [9.17, 15) is 22.8 Å². The van der Waals surface area contributed by atoms with Gasteiger partial charge < -0.3 is 0 Å². The van der Waals surface area contributed by atoms with Crippen molar-refractivity contribution in [2.75, 3.05) is 0 Å². The van der Waals surface area contributed by atoms with E-state index in [0.29, 0.717) is 12.8 Å². The first-order valence-electron chi connectivity index (χ1n) is 9.69. The molecule has 0 amide bonds. The number of hydrogen-bond acceptors (Lipinski definition) is 2. The molecule has 0 bridgehead atoms. The second-order valence-electron chi connectivity index (χ2n) is 6.58. The predicted octanol–water partition coefficient (Wildman–Crippen LogP) is 6.72. The molecule has 146 valence electrons. The molecule has 5 heteroatoms. The normalized spacial score (nSPS) is 12.0. The number of carbonyl (C=O) groups excluding carboxylic acids is 2. The molecule has 0 aromatic carbocycles. The number of rotatable bonds is 16. The van der Waals surface area contributed by atoms with Crippen LogP contribution >= 0.6 is 0 Å². The summed E-state index contributed by atoms with van der Waals surface area (Å²) in [6, 6.07) is 0. The molecular weight excluding hydrogens is 329 g/mol. The Bertz CT molecular complexity index is 387. The molecule has 0 heterocycles. The minimum Gasteiger partial charge on any atom is -0.291 e. The Morgan fingerprint density at radius 2 is 1.16 bits per heavy atom. The van der Waals surface area contributed by atoms with Gasteiger partial charge in [0.25, 0.3) is 0 Å². The highest BCUT2D eigenvalue weighted by molar-refractivity contribution is 6.39. The standard InChI is InChI=1S/C20H33F3O2/c1-2-3-4-5-6-7-8-9-10-11-12-13-14-15-16-17-18(24)19(25)20(21,22)23/h9-10H,2-8,11-17H2,1H3/b10-9-. The largest absolute Gasteiger partial charge is 0.458 e. The van der Waals surface area contributed by atoms with E-state index >= 15 is 0 Å². The van der Waals surface area contributed by atoms with E-state index in [1.165, 1.54) is 38.5 Å². The van der Waals surface area contributed by atoms with Crippen LogP contribution < -0.4 is 0 Å². The molecule has 0 spiro atoms. The SMILES string of the molecule is CCCCCCCC/C=C\CCCCCCCC(=O)C(=O)C(F)(F)F. The first kappa shape index (κ1) is 23.9. The lowest BCUT2D eigenvalue weighted by Crippen LogP contribution is -2.30. The van der Waals surface area contributed by atoms with E-state index in [0.717, 1.165) is 32.1 Å². The van der Waals surface area contributed by atoms with Gasteiger partial charge in [0.2, 0.25) is 5.78 Å². The van der Waals surface area contributed by atoms with Crippen molar-refractivity contribution in [2.24, 2.45) is 0 Å². The molecule has 0 saturated carbocycles. The Hall–Kier alpha value is -1.13. The number of Topliss-reactive ketones (excluding diaryl/α,β-unsaturated/α-hetero) is 2. The van der Waals surface area contributed by atoms with Gasteiger partial charge in [-0.05, 0) is 32.1 Å². The van der Waals surface area contributed by atoms with Crippen molar-refractivity contribution in [2.45, 2.75) is 103 Å². The van der Waals surface area contributed by atoms with Crippen LogP contribution in [0.4, 0.5) is 13.2 Å². The molecule has 0 aliphatic carbocycles. The molecular formula is C20H33F3O2. The van der Waals surface area contributed by atoms with Gasteiger partial charge in [-0.3, -0.25) is 9.59 Å². The first-order chi connectivity index (χ1) is 11.9. The second kappa shape index (κ2) is 15.2. The maximum absolute atomic E-state index is 12.0. The van der Waals surface area contributed by atoms with Gasteiger partial charge in [0.1, 0.15) is 0 Å². The van der Waals surface area contributed by atoms with E-state index in [1.807, 2.05) is 0 Å². The van der Waals surface area contributed by atoms with Crippen LogP contribution in [-0.2, 0) is 9.59 Å². The molecule has 0 aliphatic rings. The molecule has 0 aromatic heterocycles. The summed E-state index contributed by atoms with van der Waals surface area (Å²) >= 11 is 0. The summed E-state index contributed by atoms with van der Waals surface area (Å²) in [5.41, 5.74) is 0. The van der Waals surface area contributed by atoms with Crippen LogP contribution in [0, 0.1) is 0 Å².